The Morgan fingerprint density at radius 1 is 1.29 bits per heavy atom. The van der Waals surface area contributed by atoms with Gasteiger partial charge in [0.1, 0.15) is 18.4 Å². The lowest BCUT2D eigenvalue weighted by Gasteiger charge is -2.08. The van der Waals surface area contributed by atoms with Gasteiger partial charge in [-0.05, 0) is 35.9 Å². The van der Waals surface area contributed by atoms with Crippen molar-refractivity contribution in [3.8, 4) is 11.8 Å². The van der Waals surface area contributed by atoms with Gasteiger partial charge in [-0.15, -0.1) is 0 Å². The molecule has 0 bridgehead atoms. The summed E-state index contributed by atoms with van der Waals surface area (Å²) in [4.78, 5) is 11.3. The number of nitrogens with one attached hydrogen (secondary N) is 1. The average Bonchev–Trinajstić information content (AvgIpc) is 2.53. The van der Waals surface area contributed by atoms with E-state index < -0.39 is 0 Å². The second-order valence-corrected chi connectivity index (χ2v) is 5.13. The Hall–Kier alpha value is -2.36. The summed E-state index contributed by atoms with van der Waals surface area (Å²) in [5, 5.41) is 9.06. The van der Waals surface area contributed by atoms with E-state index >= 15 is 0 Å². The van der Waals surface area contributed by atoms with Gasteiger partial charge in [-0.2, -0.15) is 5.26 Å². The zero-order chi connectivity index (χ0) is 15.2. The largest absolute Gasteiger partial charge is 0.488 e. The van der Waals surface area contributed by atoms with Crippen LogP contribution in [0.2, 0.25) is 0 Å². The zero-order valence-electron chi connectivity index (χ0n) is 11.0. The predicted octanol–water partition coefficient (Wildman–Crippen LogP) is 2.50. The number of nitrogens with two attached hydrogens (primary N) is 1. The molecular formula is C15H12BrN3O2. The fourth-order valence-corrected chi connectivity index (χ4v) is 2.07. The first kappa shape index (κ1) is 15.0. The Balaban J connectivity index is 2.07. The molecule has 0 aliphatic rings. The normalized spacial score (nSPS) is 9.76. The van der Waals surface area contributed by atoms with Crippen LogP contribution in [0.3, 0.4) is 0 Å². The fraction of sp³-hybridized carbons (Fsp3) is 0.0667. The van der Waals surface area contributed by atoms with Gasteiger partial charge in [-0.3, -0.25) is 10.2 Å². The number of benzene rings is 2. The van der Waals surface area contributed by atoms with E-state index in [2.05, 4.69) is 27.4 Å². The molecule has 0 heterocycles. The summed E-state index contributed by atoms with van der Waals surface area (Å²) >= 11 is 3.31. The maximum Gasteiger partial charge on any atom is 0.265 e. The SMILES string of the molecule is N#Cc1cc(Br)ccc1OCc1ccc(C(=O)NN)cc1. The van der Waals surface area contributed by atoms with Gasteiger partial charge in [0.25, 0.3) is 5.91 Å². The number of carbonyl (C=O) groups is 1. The van der Waals surface area contributed by atoms with E-state index in [9.17, 15) is 4.79 Å². The van der Waals surface area contributed by atoms with Gasteiger partial charge >= 0.3 is 0 Å². The van der Waals surface area contributed by atoms with Crippen molar-refractivity contribution in [1.82, 2.24) is 5.43 Å². The van der Waals surface area contributed by atoms with Crippen LogP contribution < -0.4 is 16.0 Å². The minimum atomic E-state index is -0.345. The van der Waals surface area contributed by atoms with Crippen LogP contribution in [0.5, 0.6) is 5.75 Å². The number of hydrogen-bond acceptors (Lipinski definition) is 4. The van der Waals surface area contributed by atoms with Crippen LogP contribution in [0.15, 0.2) is 46.9 Å². The number of nitrogen functional groups attached to an aromatic ring is 1. The van der Waals surface area contributed by atoms with Crippen molar-refractivity contribution in [3.63, 3.8) is 0 Å². The number of hydrazine groups is 1. The molecule has 2 rings (SSSR count). The molecule has 106 valence electrons. The first-order chi connectivity index (χ1) is 10.1. The van der Waals surface area contributed by atoms with E-state index in [1.165, 1.54) is 0 Å². The molecule has 0 aliphatic carbocycles. The second-order valence-electron chi connectivity index (χ2n) is 4.21. The maximum atomic E-state index is 11.3. The third-order valence-electron chi connectivity index (χ3n) is 2.80. The summed E-state index contributed by atoms with van der Waals surface area (Å²) in [5.41, 5.74) is 3.89. The molecular weight excluding hydrogens is 334 g/mol. The third-order valence-corrected chi connectivity index (χ3v) is 3.30. The van der Waals surface area contributed by atoms with E-state index in [4.69, 9.17) is 15.8 Å². The van der Waals surface area contributed by atoms with Crippen molar-refractivity contribution < 1.29 is 9.53 Å². The number of halogens is 1. The smallest absolute Gasteiger partial charge is 0.265 e. The van der Waals surface area contributed by atoms with Crippen molar-refractivity contribution in [2.45, 2.75) is 6.61 Å². The van der Waals surface area contributed by atoms with Crippen molar-refractivity contribution in [1.29, 1.82) is 5.26 Å². The van der Waals surface area contributed by atoms with E-state index in [1.54, 1.807) is 36.4 Å². The molecule has 0 atom stereocenters. The van der Waals surface area contributed by atoms with Crippen molar-refractivity contribution >= 4 is 21.8 Å². The summed E-state index contributed by atoms with van der Waals surface area (Å²) in [6.45, 7) is 0.306. The van der Waals surface area contributed by atoms with Gasteiger partial charge in [-0.25, -0.2) is 5.84 Å². The highest BCUT2D eigenvalue weighted by Gasteiger charge is 2.06. The van der Waals surface area contributed by atoms with Crippen molar-refractivity contribution in [2.75, 3.05) is 0 Å². The Bertz CT molecular complexity index is 693. The first-order valence-corrected chi connectivity index (χ1v) is 6.85. The molecule has 21 heavy (non-hydrogen) atoms. The fourth-order valence-electron chi connectivity index (χ4n) is 1.71. The summed E-state index contributed by atoms with van der Waals surface area (Å²) in [6, 6.07) is 14.2. The van der Waals surface area contributed by atoms with Gasteiger partial charge < -0.3 is 4.74 Å². The molecule has 5 nitrogen and oxygen atoms in total. The van der Waals surface area contributed by atoms with E-state index in [1.807, 2.05) is 6.07 Å². The third kappa shape index (κ3) is 3.81. The van der Waals surface area contributed by atoms with Crippen LogP contribution in [0.4, 0.5) is 0 Å². The van der Waals surface area contributed by atoms with E-state index in [-0.39, 0.29) is 5.91 Å². The maximum absolute atomic E-state index is 11.3. The molecule has 0 saturated carbocycles. The summed E-state index contributed by atoms with van der Waals surface area (Å²) in [6.07, 6.45) is 0. The minimum absolute atomic E-state index is 0.306. The van der Waals surface area contributed by atoms with Crippen LogP contribution in [0, 0.1) is 11.3 Å². The molecule has 2 aromatic rings. The number of ether oxygens (including phenoxy) is 1. The van der Waals surface area contributed by atoms with E-state index in [0.717, 1.165) is 10.0 Å². The molecule has 2 aromatic carbocycles. The quantitative estimate of drug-likeness (QED) is 0.506. The number of carbonyl (C=O) groups excluding carboxylic acids is 1. The number of rotatable bonds is 4. The van der Waals surface area contributed by atoms with Gasteiger partial charge in [0.15, 0.2) is 0 Å². The molecule has 1 amide bonds. The Morgan fingerprint density at radius 3 is 2.62 bits per heavy atom. The topological polar surface area (TPSA) is 88.1 Å². The first-order valence-electron chi connectivity index (χ1n) is 6.06. The van der Waals surface area contributed by atoms with Crippen LogP contribution in [0.1, 0.15) is 21.5 Å². The van der Waals surface area contributed by atoms with Crippen molar-refractivity contribution in [3.05, 3.63) is 63.6 Å². The van der Waals surface area contributed by atoms with Crippen molar-refractivity contribution in [2.24, 2.45) is 5.84 Å². The molecule has 0 fully saturated rings. The summed E-state index contributed by atoms with van der Waals surface area (Å²) in [7, 11) is 0. The lowest BCUT2D eigenvalue weighted by Crippen LogP contribution is -2.29. The molecule has 0 aliphatic heterocycles. The summed E-state index contributed by atoms with van der Waals surface area (Å²) in [5.74, 6) is 5.24. The zero-order valence-corrected chi connectivity index (χ0v) is 12.6. The molecule has 6 heteroatoms. The van der Waals surface area contributed by atoms with Gasteiger partial charge in [0.05, 0.1) is 5.56 Å². The molecule has 3 N–H and O–H groups in total. The van der Waals surface area contributed by atoms with Crippen LogP contribution in [0.25, 0.3) is 0 Å². The average molecular weight is 346 g/mol. The highest BCUT2D eigenvalue weighted by atomic mass is 79.9. The number of amides is 1. The molecule has 0 saturated heterocycles. The Kier molecular flexibility index (Phi) is 4.93. The molecule has 0 spiro atoms. The van der Waals surface area contributed by atoms with Crippen LogP contribution >= 0.6 is 15.9 Å². The molecule has 0 unspecified atom stereocenters. The lowest BCUT2D eigenvalue weighted by molar-refractivity contribution is 0.0953. The van der Waals surface area contributed by atoms with Crippen LogP contribution in [-0.2, 0) is 6.61 Å². The van der Waals surface area contributed by atoms with Gasteiger partial charge in [-0.1, -0.05) is 28.1 Å². The minimum Gasteiger partial charge on any atom is -0.488 e. The Labute approximate surface area is 130 Å². The summed E-state index contributed by atoms with van der Waals surface area (Å²) < 4.78 is 6.45. The number of nitriles is 1. The predicted molar refractivity (Wildman–Crippen MR) is 81.3 cm³/mol. The van der Waals surface area contributed by atoms with Gasteiger partial charge in [0, 0.05) is 10.0 Å². The monoisotopic (exact) mass is 345 g/mol. The molecule has 0 radical (unpaired) electrons. The lowest BCUT2D eigenvalue weighted by atomic mass is 10.1. The standard InChI is InChI=1S/C15H12BrN3O2/c16-13-5-6-14(12(7-13)8-17)21-9-10-1-3-11(4-2-10)15(20)19-18/h1-7H,9,18H2,(H,19,20). The highest BCUT2D eigenvalue weighted by molar-refractivity contribution is 9.10. The van der Waals surface area contributed by atoms with E-state index in [0.29, 0.717) is 23.5 Å². The van der Waals surface area contributed by atoms with Gasteiger partial charge in [0.2, 0.25) is 0 Å². The number of nitrogens with zero attached hydrogens (tertiary/aromatic N) is 1. The highest BCUT2D eigenvalue weighted by Crippen LogP contribution is 2.23. The number of hydrogen-bond donors (Lipinski definition) is 2. The Morgan fingerprint density at radius 2 is 2.00 bits per heavy atom. The molecule has 0 aromatic heterocycles. The second kappa shape index (κ2) is 6.88. The van der Waals surface area contributed by atoms with Crippen LogP contribution in [-0.4, -0.2) is 5.91 Å².